The molecule has 0 amide bonds. The van der Waals surface area contributed by atoms with Crippen LogP contribution < -0.4 is 5.32 Å². The molecule has 0 atom stereocenters. The van der Waals surface area contributed by atoms with Crippen molar-refractivity contribution in [3.05, 3.63) is 36.4 Å². The Bertz CT molecular complexity index is 317. The maximum Gasteiger partial charge on any atom is 0.120 e. The summed E-state index contributed by atoms with van der Waals surface area (Å²) in [5.41, 5.74) is 2.34. The van der Waals surface area contributed by atoms with Gasteiger partial charge in [0.15, 0.2) is 0 Å². The van der Waals surface area contributed by atoms with Crippen LogP contribution >= 0.6 is 0 Å². The maximum atomic E-state index is 3.12. The Labute approximate surface area is 80.2 Å². The lowest BCUT2D eigenvalue weighted by molar-refractivity contribution is 1.28. The van der Waals surface area contributed by atoms with E-state index in [0.717, 1.165) is 12.1 Å². The molecule has 1 rings (SSSR count). The van der Waals surface area contributed by atoms with Gasteiger partial charge in [-0.25, -0.2) is 0 Å². The molecule has 1 N–H and O–H groups in total. The zero-order chi connectivity index (χ0) is 9.52. The van der Waals surface area contributed by atoms with Crippen molar-refractivity contribution >= 4 is 5.69 Å². The van der Waals surface area contributed by atoms with Gasteiger partial charge in [-0.05, 0) is 24.6 Å². The van der Waals surface area contributed by atoms with Crippen LogP contribution in [0.3, 0.4) is 0 Å². The second-order valence-corrected chi connectivity index (χ2v) is 2.83. The molecule has 13 heavy (non-hydrogen) atoms. The fraction of sp³-hybridized carbons (Fsp3) is 0.250. The van der Waals surface area contributed by atoms with Gasteiger partial charge < -0.3 is 5.32 Å². The quantitative estimate of drug-likeness (QED) is 0.676. The first-order chi connectivity index (χ1) is 6.33. The Balaban J connectivity index is 2.45. The second-order valence-electron chi connectivity index (χ2n) is 2.83. The van der Waals surface area contributed by atoms with Gasteiger partial charge in [-0.15, -0.1) is 5.92 Å². The van der Waals surface area contributed by atoms with E-state index in [1.807, 2.05) is 19.1 Å². The van der Waals surface area contributed by atoms with Crippen molar-refractivity contribution in [1.29, 1.82) is 0 Å². The normalized spacial score (nSPS) is 8.77. The molecule has 1 heteroatoms. The van der Waals surface area contributed by atoms with Crippen LogP contribution in [-0.4, -0.2) is 0 Å². The van der Waals surface area contributed by atoms with Crippen molar-refractivity contribution in [3.8, 4) is 11.8 Å². The van der Waals surface area contributed by atoms with Crippen molar-refractivity contribution in [2.45, 2.75) is 20.3 Å². The van der Waals surface area contributed by atoms with Crippen molar-refractivity contribution in [2.24, 2.45) is 0 Å². The summed E-state index contributed by atoms with van der Waals surface area (Å²) in [6.45, 7) is 5.88. The predicted molar refractivity (Wildman–Crippen MR) is 57.2 cm³/mol. The van der Waals surface area contributed by atoms with Crippen LogP contribution in [0.5, 0.6) is 0 Å². The van der Waals surface area contributed by atoms with E-state index in [4.69, 9.17) is 0 Å². The van der Waals surface area contributed by atoms with E-state index in [1.165, 1.54) is 5.56 Å². The molecule has 0 aliphatic rings. The zero-order valence-electron chi connectivity index (χ0n) is 8.09. The minimum absolute atomic E-state index is 0.895. The first kappa shape index (κ1) is 9.67. The summed E-state index contributed by atoms with van der Waals surface area (Å²) in [5.74, 6) is 5.88. The van der Waals surface area contributed by atoms with Gasteiger partial charge in [0.2, 0.25) is 0 Å². The van der Waals surface area contributed by atoms with Gasteiger partial charge in [0.25, 0.3) is 0 Å². The molecule has 0 spiro atoms. The van der Waals surface area contributed by atoms with Crippen molar-refractivity contribution in [2.75, 3.05) is 5.32 Å². The van der Waals surface area contributed by atoms with Gasteiger partial charge in [0, 0.05) is 12.1 Å². The standard InChI is InChI=1S/C12H14N/c1-3-4-5-9-13-12-8-6-7-11(2)10-12/h6-10,13H,3H2,1-2H3. The van der Waals surface area contributed by atoms with Gasteiger partial charge in [-0.2, -0.15) is 0 Å². The third kappa shape index (κ3) is 3.66. The lowest BCUT2D eigenvalue weighted by Gasteiger charge is -2.01. The van der Waals surface area contributed by atoms with Gasteiger partial charge in [-0.3, -0.25) is 0 Å². The minimum atomic E-state index is 0.895. The highest BCUT2D eigenvalue weighted by molar-refractivity contribution is 5.48. The van der Waals surface area contributed by atoms with Crippen LogP contribution in [0.1, 0.15) is 18.9 Å². The molecule has 0 saturated carbocycles. The smallest absolute Gasteiger partial charge is 0.120 e. The molecule has 0 saturated heterocycles. The fourth-order valence-corrected chi connectivity index (χ4v) is 1.01. The van der Waals surface area contributed by atoms with Crippen LogP contribution in [0.25, 0.3) is 0 Å². The molecule has 0 unspecified atom stereocenters. The van der Waals surface area contributed by atoms with Crippen LogP contribution in [0.15, 0.2) is 24.3 Å². The van der Waals surface area contributed by atoms with Crippen LogP contribution in [0, 0.1) is 25.3 Å². The third-order valence-corrected chi connectivity index (χ3v) is 1.61. The van der Waals surface area contributed by atoms with Crippen LogP contribution in [0.4, 0.5) is 5.69 Å². The fourth-order valence-electron chi connectivity index (χ4n) is 1.01. The molecule has 1 aromatic rings. The molecule has 1 aromatic carbocycles. The largest absolute Gasteiger partial charge is 0.369 e. The van der Waals surface area contributed by atoms with Gasteiger partial charge >= 0.3 is 0 Å². The Morgan fingerprint density at radius 2 is 2.31 bits per heavy atom. The topological polar surface area (TPSA) is 12.0 Å². The molecule has 0 aromatic heterocycles. The highest BCUT2D eigenvalue weighted by Crippen LogP contribution is 2.09. The zero-order valence-corrected chi connectivity index (χ0v) is 8.09. The van der Waals surface area contributed by atoms with E-state index >= 15 is 0 Å². The van der Waals surface area contributed by atoms with Crippen LogP contribution in [-0.2, 0) is 0 Å². The predicted octanol–water partition coefficient (Wildman–Crippen LogP) is 2.98. The Hall–Kier alpha value is -1.42. The summed E-state index contributed by atoms with van der Waals surface area (Å²) >= 11 is 0. The van der Waals surface area contributed by atoms with Gasteiger partial charge in [0.05, 0.1) is 0 Å². The molecule has 0 aliphatic carbocycles. The van der Waals surface area contributed by atoms with Crippen molar-refractivity contribution in [3.63, 3.8) is 0 Å². The number of rotatable bonds is 2. The number of nitrogens with one attached hydrogen (secondary N) is 1. The molecule has 1 radical (unpaired) electrons. The third-order valence-electron chi connectivity index (χ3n) is 1.61. The number of benzene rings is 1. The van der Waals surface area contributed by atoms with Crippen molar-refractivity contribution < 1.29 is 0 Å². The summed E-state index contributed by atoms with van der Waals surface area (Å²) in [5, 5.41) is 3.12. The molecule has 0 aliphatic heterocycles. The van der Waals surface area contributed by atoms with Gasteiger partial charge in [-0.1, -0.05) is 25.0 Å². The van der Waals surface area contributed by atoms with Crippen molar-refractivity contribution in [1.82, 2.24) is 0 Å². The van der Waals surface area contributed by atoms with E-state index in [-0.39, 0.29) is 0 Å². The van der Waals surface area contributed by atoms with Gasteiger partial charge in [0.1, 0.15) is 6.54 Å². The van der Waals surface area contributed by atoms with Crippen LogP contribution in [0.2, 0.25) is 0 Å². The summed E-state index contributed by atoms with van der Waals surface area (Å²) in [6.07, 6.45) is 0.895. The average molecular weight is 172 g/mol. The summed E-state index contributed by atoms with van der Waals surface area (Å²) in [6, 6.07) is 8.21. The Kier molecular flexibility index (Phi) is 3.92. The highest BCUT2D eigenvalue weighted by Gasteiger charge is 1.88. The highest BCUT2D eigenvalue weighted by atomic mass is 14.8. The number of aryl methyl sites for hydroxylation is 1. The van der Waals surface area contributed by atoms with E-state index < -0.39 is 0 Å². The first-order valence-corrected chi connectivity index (χ1v) is 4.46. The molecular formula is C12H14N. The molecule has 0 heterocycles. The van der Waals surface area contributed by atoms with E-state index in [1.54, 1.807) is 6.54 Å². The molecule has 67 valence electrons. The molecule has 0 bridgehead atoms. The monoisotopic (exact) mass is 172 g/mol. The maximum absolute atomic E-state index is 3.12. The first-order valence-electron chi connectivity index (χ1n) is 4.46. The summed E-state index contributed by atoms with van der Waals surface area (Å²) in [7, 11) is 0. The molecule has 1 nitrogen and oxygen atoms in total. The lowest BCUT2D eigenvalue weighted by Crippen LogP contribution is -1.91. The number of hydrogen-bond donors (Lipinski definition) is 1. The number of hydrogen-bond acceptors (Lipinski definition) is 1. The molecular weight excluding hydrogens is 158 g/mol. The lowest BCUT2D eigenvalue weighted by atomic mass is 10.2. The minimum Gasteiger partial charge on any atom is -0.369 e. The summed E-state index contributed by atoms with van der Waals surface area (Å²) in [4.78, 5) is 0. The summed E-state index contributed by atoms with van der Waals surface area (Å²) < 4.78 is 0. The SMILES string of the molecule is CCC#C[CH]Nc1cccc(C)c1. The Morgan fingerprint density at radius 1 is 1.46 bits per heavy atom. The molecule has 0 fully saturated rings. The number of anilines is 1. The Morgan fingerprint density at radius 3 is 3.00 bits per heavy atom. The van der Waals surface area contributed by atoms with E-state index in [0.29, 0.717) is 0 Å². The second kappa shape index (κ2) is 5.27. The average Bonchev–Trinajstić information content (AvgIpc) is 2.13. The van der Waals surface area contributed by atoms with E-state index in [9.17, 15) is 0 Å². The van der Waals surface area contributed by atoms with E-state index in [2.05, 4.69) is 36.2 Å².